The highest BCUT2D eigenvalue weighted by molar-refractivity contribution is 7.16. The number of morpholine rings is 1. The van der Waals surface area contributed by atoms with Crippen molar-refractivity contribution in [2.75, 3.05) is 26.2 Å². The second kappa shape index (κ2) is 7.59. The lowest BCUT2D eigenvalue weighted by Crippen LogP contribution is -2.43. The van der Waals surface area contributed by atoms with E-state index in [0.29, 0.717) is 30.6 Å². The van der Waals surface area contributed by atoms with Gasteiger partial charge in [-0.05, 0) is 18.2 Å². The van der Waals surface area contributed by atoms with Crippen molar-refractivity contribution in [3.8, 4) is 0 Å². The van der Waals surface area contributed by atoms with E-state index in [-0.39, 0.29) is 24.3 Å². The fourth-order valence-corrected chi connectivity index (χ4v) is 3.17. The summed E-state index contributed by atoms with van der Waals surface area (Å²) in [6.07, 6.45) is 1.34. The van der Waals surface area contributed by atoms with Crippen molar-refractivity contribution in [3.63, 3.8) is 0 Å². The lowest BCUT2D eigenvalue weighted by molar-refractivity contribution is -0.138. The van der Waals surface area contributed by atoms with E-state index in [4.69, 9.17) is 16.3 Å². The standard InChI is InChI=1S/C14H17ClN2O3S/c1-2-13(18)16-6-5-14(19)17-7-8-20-10(9-17)11-3-4-12(15)21-11/h2-4,10H,1,5-9H2,(H,16,18). The summed E-state index contributed by atoms with van der Waals surface area (Å²) in [5, 5.41) is 2.60. The van der Waals surface area contributed by atoms with Crippen LogP contribution in [0.15, 0.2) is 24.8 Å². The Kier molecular flexibility index (Phi) is 5.78. The molecule has 0 radical (unpaired) electrons. The van der Waals surface area contributed by atoms with Gasteiger partial charge >= 0.3 is 0 Å². The third-order valence-electron chi connectivity index (χ3n) is 3.15. The van der Waals surface area contributed by atoms with Crippen molar-refractivity contribution < 1.29 is 14.3 Å². The van der Waals surface area contributed by atoms with Gasteiger partial charge in [-0.25, -0.2) is 0 Å². The van der Waals surface area contributed by atoms with Gasteiger partial charge in [0, 0.05) is 24.4 Å². The second-order valence-corrected chi connectivity index (χ2v) is 6.33. The number of amides is 2. The predicted octanol–water partition coefficient (Wildman–Crippen LogP) is 1.99. The molecular weight excluding hydrogens is 312 g/mol. The molecule has 0 saturated carbocycles. The zero-order chi connectivity index (χ0) is 15.2. The van der Waals surface area contributed by atoms with Gasteiger partial charge in [-0.15, -0.1) is 11.3 Å². The number of ether oxygens (including phenoxy) is 1. The number of rotatable bonds is 5. The van der Waals surface area contributed by atoms with Crippen LogP contribution in [0.2, 0.25) is 4.34 Å². The van der Waals surface area contributed by atoms with Crippen molar-refractivity contribution in [1.82, 2.24) is 10.2 Å². The molecule has 1 fully saturated rings. The Hall–Kier alpha value is -1.37. The van der Waals surface area contributed by atoms with E-state index >= 15 is 0 Å². The third kappa shape index (κ3) is 4.56. The molecule has 0 aliphatic carbocycles. The van der Waals surface area contributed by atoms with Crippen LogP contribution in [0, 0.1) is 0 Å². The van der Waals surface area contributed by atoms with Crippen LogP contribution in [-0.2, 0) is 14.3 Å². The number of hydrogen-bond donors (Lipinski definition) is 1. The van der Waals surface area contributed by atoms with Crippen LogP contribution in [0.3, 0.4) is 0 Å². The quantitative estimate of drug-likeness (QED) is 0.841. The maximum absolute atomic E-state index is 12.1. The van der Waals surface area contributed by atoms with E-state index < -0.39 is 0 Å². The maximum Gasteiger partial charge on any atom is 0.243 e. The lowest BCUT2D eigenvalue weighted by Gasteiger charge is -2.32. The smallest absolute Gasteiger partial charge is 0.243 e. The molecule has 1 saturated heterocycles. The van der Waals surface area contributed by atoms with E-state index in [1.807, 2.05) is 12.1 Å². The Morgan fingerprint density at radius 2 is 2.38 bits per heavy atom. The van der Waals surface area contributed by atoms with Crippen LogP contribution in [0.4, 0.5) is 0 Å². The highest BCUT2D eigenvalue weighted by Gasteiger charge is 2.26. The van der Waals surface area contributed by atoms with Gasteiger partial charge in [-0.1, -0.05) is 18.2 Å². The van der Waals surface area contributed by atoms with Gasteiger partial charge in [0.2, 0.25) is 11.8 Å². The molecule has 7 heteroatoms. The molecule has 0 bridgehead atoms. The molecule has 1 aliphatic rings. The molecule has 0 spiro atoms. The van der Waals surface area contributed by atoms with E-state index in [1.165, 1.54) is 17.4 Å². The van der Waals surface area contributed by atoms with Crippen LogP contribution in [0.25, 0.3) is 0 Å². The molecule has 114 valence electrons. The van der Waals surface area contributed by atoms with Crippen LogP contribution in [-0.4, -0.2) is 43.0 Å². The van der Waals surface area contributed by atoms with E-state index in [0.717, 1.165) is 4.88 Å². The minimum atomic E-state index is -0.268. The van der Waals surface area contributed by atoms with E-state index in [1.54, 1.807) is 4.90 Å². The molecular formula is C14H17ClN2O3S. The van der Waals surface area contributed by atoms with Gasteiger partial charge in [0.25, 0.3) is 0 Å². The topological polar surface area (TPSA) is 58.6 Å². The fraction of sp³-hybridized carbons (Fsp3) is 0.429. The molecule has 2 rings (SSSR count). The summed E-state index contributed by atoms with van der Waals surface area (Å²) in [5.74, 6) is -0.258. The zero-order valence-corrected chi connectivity index (χ0v) is 13.1. The number of hydrogen-bond acceptors (Lipinski definition) is 4. The average molecular weight is 329 g/mol. The zero-order valence-electron chi connectivity index (χ0n) is 11.5. The first-order valence-electron chi connectivity index (χ1n) is 6.65. The minimum Gasteiger partial charge on any atom is -0.369 e. The van der Waals surface area contributed by atoms with Crippen molar-refractivity contribution >= 4 is 34.8 Å². The summed E-state index contributed by atoms with van der Waals surface area (Å²) < 4.78 is 6.40. The summed E-state index contributed by atoms with van der Waals surface area (Å²) in [6.45, 7) is 5.27. The van der Waals surface area contributed by atoms with Gasteiger partial charge in [0.15, 0.2) is 0 Å². The molecule has 1 N–H and O–H groups in total. The lowest BCUT2D eigenvalue weighted by atomic mass is 10.2. The Labute approximate surface area is 132 Å². The average Bonchev–Trinajstić information content (AvgIpc) is 2.93. The van der Waals surface area contributed by atoms with Crippen LogP contribution in [0.5, 0.6) is 0 Å². The summed E-state index contributed by atoms with van der Waals surface area (Å²) in [5.41, 5.74) is 0. The largest absolute Gasteiger partial charge is 0.369 e. The first kappa shape index (κ1) is 16.0. The molecule has 1 atom stereocenters. The van der Waals surface area contributed by atoms with Gasteiger partial charge < -0.3 is 15.0 Å². The van der Waals surface area contributed by atoms with E-state index in [9.17, 15) is 9.59 Å². The third-order valence-corrected chi connectivity index (χ3v) is 4.48. The molecule has 1 unspecified atom stereocenters. The number of thiophene rings is 1. The molecule has 2 heterocycles. The van der Waals surface area contributed by atoms with Gasteiger partial charge in [-0.2, -0.15) is 0 Å². The highest BCUT2D eigenvalue weighted by Crippen LogP contribution is 2.31. The summed E-state index contributed by atoms with van der Waals surface area (Å²) in [4.78, 5) is 25.9. The van der Waals surface area contributed by atoms with Gasteiger partial charge in [0.1, 0.15) is 6.10 Å². The first-order valence-corrected chi connectivity index (χ1v) is 7.84. The molecule has 5 nitrogen and oxygen atoms in total. The molecule has 0 aromatic carbocycles. The van der Waals surface area contributed by atoms with E-state index in [2.05, 4.69) is 11.9 Å². The minimum absolute atomic E-state index is 0.00955. The SMILES string of the molecule is C=CC(=O)NCCC(=O)N1CCOC(c2ccc(Cl)s2)C1. The number of carbonyl (C=O) groups is 2. The molecule has 2 amide bonds. The second-order valence-electron chi connectivity index (χ2n) is 4.59. The summed E-state index contributed by atoms with van der Waals surface area (Å²) in [7, 11) is 0. The van der Waals surface area contributed by atoms with Crippen LogP contribution >= 0.6 is 22.9 Å². The maximum atomic E-state index is 12.1. The van der Waals surface area contributed by atoms with Gasteiger partial charge in [0.05, 0.1) is 17.5 Å². The highest BCUT2D eigenvalue weighted by atomic mass is 35.5. The Morgan fingerprint density at radius 3 is 3.05 bits per heavy atom. The number of nitrogens with zero attached hydrogens (tertiary/aromatic N) is 1. The van der Waals surface area contributed by atoms with Gasteiger partial charge in [-0.3, -0.25) is 9.59 Å². The summed E-state index contributed by atoms with van der Waals surface area (Å²) in [6, 6.07) is 3.76. The molecule has 1 aromatic heterocycles. The van der Waals surface area contributed by atoms with Crippen molar-refractivity contribution in [1.29, 1.82) is 0 Å². The Bertz CT molecular complexity index is 532. The predicted molar refractivity (Wildman–Crippen MR) is 82.4 cm³/mol. The molecule has 21 heavy (non-hydrogen) atoms. The van der Waals surface area contributed by atoms with Crippen LogP contribution < -0.4 is 5.32 Å². The number of halogens is 1. The Balaban J connectivity index is 1.84. The number of carbonyl (C=O) groups excluding carboxylic acids is 2. The molecule has 1 aliphatic heterocycles. The monoisotopic (exact) mass is 328 g/mol. The van der Waals surface area contributed by atoms with Crippen molar-refractivity contribution in [2.24, 2.45) is 0 Å². The summed E-state index contributed by atoms with van der Waals surface area (Å²) >= 11 is 7.39. The fourth-order valence-electron chi connectivity index (χ4n) is 2.07. The molecule has 1 aromatic rings. The number of nitrogens with one attached hydrogen (secondary N) is 1. The first-order chi connectivity index (χ1) is 10.1. The Morgan fingerprint density at radius 1 is 1.57 bits per heavy atom. The van der Waals surface area contributed by atoms with Crippen LogP contribution in [0.1, 0.15) is 17.4 Å². The van der Waals surface area contributed by atoms with Crippen molar-refractivity contribution in [2.45, 2.75) is 12.5 Å². The normalized spacial score (nSPS) is 18.3. The van der Waals surface area contributed by atoms with Crippen molar-refractivity contribution in [3.05, 3.63) is 34.0 Å².